The van der Waals surface area contributed by atoms with E-state index in [0.717, 1.165) is 51.3 Å². The van der Waals surface area contributed by atoms with Crippen molar-refractivity contribution >= 4 is 35.5 Å². The maximum atomic E-state index is 10.8. The van der Waals surface area contributed by atoms with Crippen LogP contribution >= 0.6 is 12.2 Å². The molecule has 0 amide bonds. The molecule has 0 aromatic rings. The summed E-state index contributed by atoms with van der Waals surface area (Å²) in [4.78, 5) is 12.6. The Labute approximate surface area is 286 Å². The fraction of sp³-hybridized carbons (Fsp3) is 0.220. The number of rotatable bonds is 7. The van der Waals surface area contributed by atoms with Gasteiger partial charge in [0.05, 0.1) is 1.37 Å². The summed E-state index contributed by atoms with van der Waals surface area (Å²) in [6.45, 7) is 29.3. The highest BCUT2D eigenvalue weighted by atomic mass is 32.1. The third-order valence-electron chi connectivity index (χ3n) is 5.98. The molecule has 0 saturated carbocycles. The Morgan fingerprint density at radius 2 is 1.53 bits per heavy atom. The summed E-state index contributed by atoms with van der Waals surface area (Å²) in [6.07, 6.45) is 30.8. The van der Waals surface area contributed by atoms with E-state index in [1.165, 1.54) is 17.7 Å². The van der Waals surface area contributed by atoms with Crippen molar-refractivity contribution in [2.24, 2.45) is 0 Å². The summed E-state index contributed by atoms with van der Waals surface area (Å²) in [7, 11) is 0. The summed E-state index contributed by atoms with van der Waals surface area (Å²) in [6, 6.07) is 0.698. The minimum atomic E-state index is -0.178. The Morgan fingerprint density at radius 1 is 0.911 bits per heavy atom. The molecule has 0 radical (unpaired) electrons. The topological polar surface area (TPSA) is 40.1 Å². The smallest absolute Gasteiger partial charge is 0.191 e. The molecule has 0 aromatic carbocycles. The standard InChI is InChI=1S/C12H16.C8H8O2.C8H8S2.C8H12.C5H8/c1-3-6-11-8-5-9-12(10-11)7-4-2;2*1-3-5-7(9)6(4-2)8(5)10;1-4-6-8(3)7-5-2;1-3-5-4-2/h3-4,6-7,10H,1,5,8-9H2,2H3;2*3-4,9H,1H2,2H3;4-7H,1H2,2-3H3;3-5H,1H2,2H3/p-2/b7-4+,11-6+;;;7-5+,8-6+;5-4+/i10D;;;;. The van der Waals surface area contributed by atoms with E-state index < -0.39 is 0 Å². The van der Waals surface area contributed by atoms with Crippen LogP contribution in [0.2, 0.25) is 0 Å². The van der Waals surface area contributed by atoms with Crippen LogP contribution in [0.3, 0.4) is 0 Å². The first-order valence-electron chi connectivity index (χ1n) is 15.3. The van der Waals surface area contributed by atoms with E-state index in [1.54, 1.807) is 31.2 Å². The minimum absolute atomic E-state index is 0.178. The molecule has 0 fully saturated rings. The first-order chi connectivity index (χ1) is 22.0. The van der Waals surface area contributed by atoms with Gasteiger partial charge in [0.2, 0.25) is 0 Å². The van der Waals surface area contributed by atoms with Crippen LogP contribution in [0.25, 0.3) is 0 Å². The van der Waals surface area contributed by atoms with Gasteiger partial charge in [-0.3, -0.25) is 4.79 Å². The van der Waals surface area contributed by atoms with Gasteiger partial charge in [-0.15, -0.1) is 0 Å². The number of ketones is 1. The monoisotopic (exact) mass is 639 g/mol. The molecule has 240 valence electrons. The predicted molar refractivity (Wildman–Crippen MR) is 206 cm³/mol. The molecule has 3 aliphatic rings. The van der Waals surface area contributed by atoms with Crippen LogP contribution in [-0.4, -0.2) is 10.6 Å². The summed E-state index contributed by atoms with van der Waals surface area (Å²) in [5.41, 5.74) is 6.00. The summed E-state index contributed by atoms with van der Waals surface area (Å²) >= 11 is 10.1. The number of allylic oxidation sites excluding steroid dienone is 23. The summed E-state index contributed by atoms with van der Waals surface area (Å²) < 4.78 is 7.91. The summed E-state index contributed by atoms with van der Waals surface area (Å²) in [5, 5.41) is 10.8. The highest BCUT2D eigenvalue weighted by Gasteiger charge is 2.22. The van der Waals surface area contributed by atoms with E-state index in [9.17, 15) is 9.90 Å². The highest BCUT2D eigenvalue weighted by molar-refractivity contribution is 7.82. The van der Waals surface area contributed by atoms with Crippen LogP contribution in [0.15, 0.2) is 180 Å². The van der Waals surface area contributed by atoms with Gasteiger partial charge in [-0.2, -0.15) is 4.91 Å². The van der Waals surface area contributed by atoms with Crippen molar-refractivity contribution in [1.29, 1.82) is 0 Å². The first-order valence-corrected chi connectivity index (χ1v) is 15.6. The third-order valence-corrected chi connectivity index (χ3v) is 6.86. The fourth-order valence-corrected chi connectivity index (χ4v) is 4.74. The van der Waals surface area contributed by atoms with Gasteiger partial charge in [-0.25, -0.2) is 0 Å². The molecule has 0 bridgehead atoms. The van der Waals surface area contributed by atoms with Crippen LogP contribution in [0, 0.1) is 0 Å². The molecule has 0 heterocycles. The van der Waals surface area contributed by atoms with Gasteiger partial charge in [0, 0.05) is 16.0 Å². The van der Waals surface area contributed by atoms with Gasteiger partial charge in [-0.1, -0.05) is 154 Å². The molecule has 3 rings (SSSR count). The molecule has 0 aromatic heterocycles. The number of carbonyl (C=O) groups excluding carboxylic acids is 1. The maximum Gasteiger partial charge on any atom is 0.191 e. The van der Waals surface area contributed by atoms with Crippen molar-refractivity contribution in [3.63, 3.8) is 0 Å². The fourth-order valence-electron chi connectivity index (χ4n) is 3.80. The Balaban J connectivity index is 0. The second kappa shape index (κ2) is 26.3. The molecule has 0 aliphatic heterocycles. The van der Waals surface area contributed by atoms with Gasteiger partial charge in [0.15, 0.2) is 5.78 Å². The van der Waals surface area contributed by atoms with E-state index in [2.05, 4.69) is 32.9 Å². The van der Waals surface area contributed by atoms with E-state index >= 15 is 0 Å². The maximum absolute atomic E-state index is 10.8. The molecule has 45 heavy (non-hydrogen) atoms. The molecule has 4 heteroatoms. The molecular weight excluding hydrogens is 589 g/mol. The Kier molecular flexibility index (Phi) is 23.9. The van der Waals surface area contributed by atoms with E-state index in [0.29, 0.717) is 6.05 Å². The number of hydrogen-bond acceptors (Lipinski definition) is 4. The van der Waals surface area contributed by atoms with Crippen molar-refractivity contribution in [1.82, 2.24) is 0 Å². The molecule has 0 N–H and O–H groups in total. The average molecular weight is 640 g/mol. The lowest BCUT2D eigenvalue weighted by molar-refractivity contribution is -0.300. The van der Waals surface area contributed by atoms with Crippen LogP contribution in [0.4, 0.5) is 0 Å². The van der Waals surface area contributed by atoms with Crippen molar-refractivity contribution in [2.75, 3.05) is 0 Å². The lowest BCUT2D eigenvalue weighted by Crippen LogP contribution is -2.28. The van der Waals surface area contributed by atoms with Gasteiger partial charge < -0.3 is 17.7 Å². The second-order valence-electron chi connectivity index (χ2n) is 9.30. The van der Waals surface area contributed by atoms with Crippen molar-refractivity contribution in [2.45, 2.75) is 60.8 Å². The van der Waals surface area contributed by atoms with Crippen molar-refractivity contribution < 1.29 is 11.3 Å². The number of hydrogen-bond donors (Lipinski definition) is 0. The zero-order chi connectivity index (χ0) is 35.7. The van der Waals surface area contributed by atoms with Gasteiger partial charge in [0.1, 0.15) is 0 Å². The Bertz CT molecular complexity index is 1390. The van der Waals surface area contributed by atoms with Crippen molar-refractivity contribution in [3.05, 3.63) is 180 Å². The Hall–Kier alpha value is -4.12. The highest BCUT2D eigenvalue weighted by Crippen LogP contribution is 2.31. The molecular formula is C41H50O2S2-2. The molecule has 2 nitrogen and oxygen atoms in total. The zero-order valence-electron chi connectivity index (χ0n) is 29.0. The second-order valence-corrected chi connectivity index (χ2v) is 10.1. The van der Waals surface area contributed by atoms with Gasteiger partial charge in [-0.05, 0) is 83.1 Å². The lowest BCUT2D eigenvalue weighted by atomic mass is 9.88. The van der Waals surface area contributed by atoms with Gasteiger partial charge in [0.25, 0.3) is 0 Å². The van der Waals surface area contributed by atoms with Crippen LogP contribution in [0.1, 0.15) is 62.2 Å². The number of thiocarbonyl (C=S) groups is 1. The van der Waals surface area contributed by atoms with Crippen LogP contribution in [0.5, 0.6) is 0 Å². The van der Waals surface area contributed by atoms with E-state index in [-0.39, 0.29) is 22.7 Å². The quantitative estimate of drug-likeness (QED) is 0.120. The van der Waals surface area contributed by atoms with Crippen LogP contribution in [-0.2, 0) is 17.4 Å². The van der Waals surface area contributed by atoms with Crippen molar-refractivity contribution in [3.8, 4) is 0 Å². The molecule has 0 saturated heterocycles. The number of carbonyl (C=O) groups is 1. The zero-order valence-corrected chi connectivity index (χ0v) is 29.6. The third kappa shape index (κ3) is 16.0. The molecule has 0 atom stereocenters. The largest absolute Gasteiger partial charge is 0.871 e. The SMILES string of the molecule is C=C/C=C(C)/C=C/C.C=C/C=C/C.C=CC1=C([O-])C(=CC)C1=O.C=CC1=C([S-])C(=CC)C1=S.[2H]C1=C(/C=C/C)CCC/C1=C\C=C. The first kappa shape index (κ1) is 40.9. The molecule has 0 unspecified atom stereocenters. The normalized spacial score (nSPS) is 18.9. The average Bonchev–Trinajstić information content (AvgIpc) is 3.02. The number of Topliss-reactive ketones (excluding diaryl/α,β-unsaturated/α-hetero) is 1. The molecule has 3 aliphatic carbocycles. The lowest BCUT2D eigenvalue weighted by Gasteiger charge is -2.31. The Morgan fingerprint density at radius 3 is 1.91 bits per heavy atom. The molecule has 0 spiro atoms. The minimum Gasteiger partial charge on any atom is -0.871 e. The van der Waals surface area contributed by atoms with Gasteiger partial charge >= 0.3 is 0 Å². The predicted octanol–water partition coefficient (Wildman–Crippen LogP) is 10.8. The van der Waals surface area contributed by atoms with E-state index in [4.69, 9.17) is 26.2 Å². The van der Waals surface area contributed by atoms with Crippen LogP contribution < -0.4 is 5.11 Å². The van der Waals surface area contributed by atoms with E-state index in [1.807, 2.05) is 89.3 Å². The summed E-state index contributed by atoms with van der Waals surface area (Å²) in [5.74, 6) is -0.356.